The van der Waals surface area contributed by atoms with Gasteiger partial charge in [0.25, 0.3) is 0 Å². The Bertz CT molecular complexity index is 1270. The van der Waals surface area contributed by atoms with E-state index >= 15 is 0 Å². The number of aromatic amines is 1. The number of H-pyrrole nitrogens is 1. The summed E-state index contributed by atoms with van der Waals surface area (Å²) >= 11 is 0. The lowest BCUT2D eigenvalue weighted by molar-refractivity contribution is 0.169. The predicted octanol–water partition coefficient (Wildman–Crippen LogP) is 1.97. The zero-order valence-electron chi connectivity index (χ0n) is 18.6. The van der Waals surface area contributed by atoms with E-state index in [2.05, 4.69) is 30.6 Å². The second-order valence-corrected chi connectivity index (χ2v) is 6.51. The fourth-order valence-electron chi connectivity index (χ4n) is 2.92. The van der Waals surface area contributed by atoms with Crippen LogP contribution in [0.3, 0.4) is 0 Å². The third-order valence-electron chi connectivity index (χ3n) is 4.55. The Kier molecular flexibility index (Phi) is 7.10. The summed E-state index contributed by atoms with van der Waals surface area (Å²) in [7, 11) is 5.11. The van der Waals surface area contributed by atoms with E-state index in [0.717, 1.165) is 23.9 Å². The first kappa shape index (κ1) is 23.8. The molecule has 0 bridgehead atoms. The Labute approximate surface area is 192 Å². The third kappa shape index (κ3) is 4.95. The van der Waals surface area contributed by atoms with Crippen LogP contribution in [0.5, 0.6) is 11.5 Å². The molecule has 0 aliphatic rings. The molecule has 1 aromatic heterocycles. The van der Waals surface area contributed by atoms with E-state index in [-0.39, 0.29) is 22.5 Å². The minimum Gasteiger partial charge on any atom is -0.497 e. The van der Waals surface area contributed by atoms with Crippen molar-refractivity contribution in [2.24, 2.45) is 0 Å². The number of rotatable bonds is 5. The van der Waals surface area contributed by atoms with Crippen molar-refractivity contribution >= 4 is 40.6 Å². The molecule has 0 spiro atoms. The van der Waals surface area contributed by atoms with Crippen molar-refractivity contribution in [2.75, 3.05) is 44.2 Å². The molecule has 0 saturated heterocycles. The van der Waals surface area contributed by atoms with Crippen molar-refractivity contribution in [1.29, 1.82) is 0 Å². The first-order chi connectivity index (χ1) is 16.3. The summed E-state index contributed by atoms with van der Waals surface area (Å²) in [5.74, 6) is 0.664. The van der Waals surface area contributed by atoms with E-state index in [1.165, 1.54) is 26.4 Å². The van der Waals surface area contributed by atoms with Crippen molar-refractivity contribution in [3.05, 3.63) is 46.9 Å². The van der Waals surface area contributed by atoms with Crippen LogP contribution < -0.4 is 36.3 Å². The van der Waals surface area contributed by atoms with Crippen LogP contribution in [-0.4, -0.2) is 56.3 Å². The zero-order chi connectivity index (χ0) is 24.8. The van der Waals surface area contributed by atoms with Gasteiger partial charge >= 0.3 is 23.9 Å². The van der Waals surface area contributed by atoms with Crippen LogP contribution in [0.15, 0.2) is 41.2 Å². The van der Waals surface area contributed by atoms with E-state index in [1.807, 2.05) is 0 Å². The maximum atomic E-state index is 13.1. The highest BCUT2D eigenvalue weighted by Gasteiger charge is 2.25. The summed E-state index contributed by atoms with van der Waals surface area (Å²) in [4.78, 5) is 51.5. The highest BCUT2D eigenvalue weighted by Crippen LogP contribution is 2.32. The molecule has 4 amide bonds. The smallest absolute Gasteiger partial charge is 0.426 e. The number of methoxy groups -OCH3 is 4. The van der Waals surface area contributed by atoms with Gasteiger partial charge in [0.1, 0.15) is 17.2 Å². The van der Waals surface area contributed by atoms with Gasteiger partial charge in [0.2, 0.25) is 0 Å². The van der Waals surface area contributed by atoms with Crippen molar-refractivity contribution in [2.45, 2.75) is 0 Å². The van der Waals surface area contributed by atoms with Crippen molar-refractivity contribution in [3.8, 4) is 11.5 Å². The standard InChI is InChI=1S/C20H22N6O8/c1-31-12-7-5-11(6-8-12)21-17(27)26(24-20(30)34-4)15-9-13-14(10-16(15)32-2)25(18(28)22-13)23-19(29)33-3/h5-10H,1-4H3,(H,21,27)(H,22,28)(H,23,29)(H,24,30). The van der Waals surface area contributed by atoms with Crippen LogP contribution in [0.4, 0.5) is 25.8 Å². The number of hydrogen-bond acceptors (Lipinski definition) is 8. The molecule has 0 fully saturated rings. The molecule has 2 aromatic carbocycles. The highest BCUT2D eigenvalue weighted by molar-refractivity contribution is 6.05. The Balaban J connectivity index is 2.05. The molecular formula is C20H22N6O8. The van der Waals surface area contributed by atoms with E-state index < -0.39 is 23.9 Å². The van der Waals surface area contributed by atoms with E-state index in [9.17, 15) is 19.2 Å². The van der Waals surface area contributed by atoms with Gasteiger partial charge < -0.3 is 29.2 Å². The van der Waals surface area contributed by atoms with Gasteiger partial charge in [0.05, 0.1) is 39.5 Å². The first-order valence-electron chi connectivity index (χ1n) is 9.58. The van der Waals surface area contributed by atoms with Crippen LogP contribution in [0.25, 0.3) is 11.0 Å². The number of benzene rings is 2. The summed E-state index contributed by atoms with van der Waals surface area (Å²) in [6.45, 7) is 0. The fourth-order valence-corrected chi connectivity index (χ4v) is 2.92. The molecule has 3 rings (SSSR count). The number of ether oxygens (including phenoxy) is 4. The minimum atomic E-state index is -0.939. The Morgan fingerprint density at radius 2 is 1.62 bits per heavy atom. The lowest BCUT2D eigenvalue weighted by atomic mass is 10.2. The quantitative estimate of drug-likeness (QED) is 0.408. The number of urea groups is 1. The van der Waals surface area contributed by atoms with Gasteiger partial charge in [0, 0.05) is 11.8 Å². The van der Waals surface area contributed by atoms with Gasteiger partial charge in [-0.2, -0.15) is 9.69 Å². The number of imidazole rings is 1. The first-order valence-corrected chi connectivity index (χ1v) is 9.58. The number of anilines is 2. The molecule has 1 heterocycles. The number of amides is 4. The van der Waals surface area contributed by atoms with Gasteiger partial charge in [-0.1, -0.05) is 0 Å². The molecule has 14 heteroatoms. The van der Waals surface area contributed by atoms with Crippen LogP contribution in [0, 0.1) is 0 Å². The van der Waals surface area contributed by atoms with Gasteiger partial charge in [0.15, 0.2) is 0 Å². The van der Waals surface area contributed by atoms with E-state index in [4.69, 9.17) is 9.47 Å². The van der Waals surface area contributed by atoms with Crippen molar-refractivity contribution in [3.63, 3.8) is 0 Å². The van der Waals surface area contributed by atoms with Gasteiger partial charge in [-0.25, -0.2) is 30.0 Å². The number of hydrazine groups is 1. The van der Waals surface area contributed by atoms with Crippen LogP contribution in [-0.2, 0) is 9.47 Å². The molecule has 0 saturated carbocycles. The van der Waals surface area contributed by atoms with Gasteiger partial charge in [-0.3, -0.25) is 0 Å². The van der Waals surface area contributed by atoms with Gasteiger partial charge in [-0.15, -0.1) is 0 Å². The Morgan fingerprint density at radius 1 is 0.941 bits per heavy atom. The molecule has 0 aliphatic heterocycles. The van der Waals surface area contributed by atoms with Crippen molar-refractivity contribution < 1.29 is 33.3 Å². The normalized spacial score (nSPS) is 10.2. The van der Waals surface area contributed by atoms with Crippen molar-refractivity contribution in [1.82, 2.24) is 15.1 Å². The number of aromatic nitrogens is 2. The number of carbonyl (C=O) groups is 3. The fraction of sp³-hybridized carbons (Fsp3) is 0.200. The lowest BCUT2D eigenvalue weighted by Crippen LogP contribution is -2.48. The molecular weight excluding hydrogens is 452 g/mol. The monoisotopic (exact) mass is 474 g/mol. The number of fused-ring (bicyclic) bond motifs is 1. The maximum Gasteiger partial charge on any atom is 0.426 e. The molecule has 4 N–H and O–H groups in total. The second-order valence-electron chi connectivity index (χ2n) is 6.51. The largest absolute Gasteiger partial charge is 0.497 e. The molecule has 0 unspecified atom stereocenters. The van der Waals surface area contributed by atoms with E-state index in [1.54, 1.807) is 24.3 Å². The maximum absolute atomic E-state index is 13.1. The summed E-state index contributed by atoms with van der Waals surface area (Å²) < 4.78 is 20.5. The number of hydrogen-bond donors (Lipinski definition) is 4. The molecule has 0 radical (unpaired) electrons. The number of carbonyl (C=O) groups excluding carboxylic acids is 3. The van der Waals surface area contributed by atoms with Crippen LogP contribution in [0.1, 0.15) is 0 Å². The zero-order valence-corrected chi connectivity index (χ0v) is 18.6. The molecule has 14 nitrogen and oxygen atoms in total. The summed E-state index contributed by atoms with van der Waals surface area (Å²) in [5.41, 5.74) is 4.75. The average Bonchev–Trinajstić information content (AvgIpc) is 3.15. The number of nitrogens with one attached hydrogen (secondary N) is 4. The Morgan fingerprint density at radius 3 is 2.21 bits per heavy atom. The molecule has 180 valence electrons. The summed E-state index contributed by atoms with van der Waals surface area (Å²) in [6.07, 6.45) is -1.82. The molecule has 0 atom stereocenters. The minimum absolute atomic E-state index is 0.0536. The van der Waals surface area contributed by atoms with Crippen LogP contribution >= 0.6 is 0 Å². The van der Waals surface area contributed by atoms with Crippen LogP contribution in [0.2, 0.25) is 0 Å². The molecule has 0 aliphatic carbocycles. The SMILES string of the molecule is COC(=O)NN(C(=O)Nc1ccc(OC)cc1)c1cc2[nH]c(=O)n(NC(=O)OC)c2cc1OC. The Hall–Kier alpha value is -4.88. The molecule has 3 aromatic rings. The predicted molar refractivity (Wildman–Crippen MR) is 121 cm³/mol. The van der Waals surface area contributed by atoms with Gasteiger partial charge in [-0.05, 0) is 30.3 Å². The third-order valence-corrected chi connectivity index (χ3v) is 4.55. The lowest BCUT2D eigenvalue weighted by Gasteiger charge is -2.24. The average molecular weight is 474 g/mol. The van der Waals surface area contributed by atoms with E-state index in [0.29, 0.717) is 11.4 Å². The number of nitrogens with zero attached hydrogens (tertiary/aromatic N) is 2. The second kappa shape index (κ2) is 10.2. The summed E-state index contributed by atoms with van der Waals surface area (Å²) in [5, 5.41) is 3.47. The highest BCUT2D eigenvalue weighted by atomic mass is 16.5. The topological polar surface area (TPSA) is 165 Å². The summed E-state index contributed by atoms with van der Waals surface area (Å²) in [6, 6.07) is 8.46. The molecule has 34 heavy (non-hydrogen) atoms.